The van der Waals surface area contributed by atoms with Crippen LogP contribution in [0, 0.1) is 10.1 Å². The van der Waals surface area contributed by atoms with Gasteiger partial charge in [0.1, 0.15) is 0 Å². The Morgan fingerprint density at radius 3 is 2.53 bits per heavy atom. The average molecular weight is 253 g/mol. The number of rotatable bonds is 5. The molecule has 90 valence electrons. The van der Waals surface area contributed by atoms with Crippen molar-refractivity contribution in [1.82, 2.24) is 0 Å². The summed E-state index contributed by atoms with van der Waals surface area (Å²) in [5.41, 5.74) is 0.518. The van der Waals surface area contributed by atoms with E-state index in [4.69, 9.17) is 4.74 Å². The van der Waals surface area contributed by atoms with Crippen molar-refractivity contribution < 1.29 is 14.5 Å². The highest BCUT2D eigenvalue weighted by Crippen LogP contribution is 2.20. The normalized spacial score (nSPS) is 15.3. The summed E-state index contributed by atoms with van der Waals surface area (Å²) in [6.45, 7) is 1.41. The number of thioether (sulfide) groups is 1. The van der Waals surface area contributed by atoms with E-state index in [0.717, 1.165) is 0 Å². The van der Waals surface area contributed by atoms with Crippen molar-refractivity contribution in [2.24, 2.45) is 0 Å². The first-order valence-electron chi connectivity index (χ1n) is 5.14. The van der Waals surface area contributed by atoms with Crippen LogP contribution in [-0.4, -0.2) is 34.9 Å². The number of ketones is 1. The fraction of sp³-hybridized carbons (Fsp3) is 0.364. The topological polar surface area (TPSA) is 69.4 Å². The molecular weight excluding hydrogens is 242 g/mol. The zero-order valence-corrected chi connectivity index (χ0v) is 9.81. The summed E-state index contributed by atoms with van der Waals surface area (Å²) in [4.78, 5) is 21.7. The van der Waals surface area contributed by atoms with E-state index in [-0.39, 0.29) is 11.5 Å². The second kappa shape index (κ2) is 5.29. The van der Waals surface area contributed by atoms with E-state index in [1.165, 1.54) is 24.3 Å². The van der Waals surface area contributed by atoms with Gasteiger partial charge in [0.2, 0.25) is 0 Å². The summed E-state index contributed by atoms with van der Waals surface area (Å²) in [7, 11) is 0. The number of nitro groups is 1. The number of benzene rings is 1. The number of ether oxygens (including phenoxy) is 1. The standard InChI is InChI=1S/C11H11NO4S/c13-11(7-17-10-5-16-6-10)8-1-3-9(4-2-8)12(14)15/h1-4,10H,5-7H2. The molecule has 17 heavy (non-hydrogen) atoms. The smallest absolute Gasteiger partial charge is 0.269 e. The van der Waals surface area contributed by atoms with E-state index >= 15 is 0 Å². The minimum atomic E-state index is -0.477. The highest BCUT2D eigenvalue weighted by Gasteiger charge is 2.20. The lowest BCUT2D eigenvalue weighted by atomic mass is 10.1. The molecule has 0 spiro atoms. The van der Waals surface area contributed by atoms with Gasteiger partial charge in [0, 0.05) is 17.7 Å². The molecule has 1 fully saturated rings. The minimum Gasteiger partial charge on any atom is -0.379 e. The fourth-order valence-corrected chi connectivity index (χ4v) is 2.29. The zero-order chi connectivity index (χ0) is 12.3. The molecule has 1 saturated heterocycles. The van der Waals surface area contributed by atoms with Crippen LogP contribution in [0.15, 0.2) is 24.3 Å². The van der Waals surface area contributed by atoms with Crippen molar-refractivity contribution in [3.05, 3.63) is 39.9 Å². The molecule has 1 aliphatic heterocycles. The van der Waals surface area contributed by atoms with Gasteiger partial charge in [0.25, 0.3) is 5.69 Å². The number of nitrogens with zero attached hydrogens (tertiary/aromatic N) is 1. The number of hydrogen-bond donors (Lipinski definition) is 0. The molecule has 0 bridgehead atoms. The predicted octanol–water partition coefficient (Wildman–Crippen LogP) is 1.91. The summed E-state index contributed by atoms with van der Waals surface area (Å²) in [6.07, 6.45) is 0. The van der Waals surface area contributed by atoms with E-state index < -0.39 is 4.92 Å². The number of carbonyl (C=O) groups is 1. The molecule has 6 heteroatoms. The molecule has 1 aromatic carbocycles. The van der Waals surface area contributed by atoms with Crippen LogP contribution in [0.2, 0.25) is 0 Å². The van der Waals surface area contributed by atoms with Gasteiger partial charge in [0.05, 0.1) is 29.1 Å². The van der Waals surface area contributed by atoms with Crippen LogP contribution >= 0.6 is 11.8 Å². The van der Waals surface area contributed by atoms with Gasteiger partial charge >= 0.3 is 0 Å². The third kappa shape index (κ3) is 3.04. The van der Waals surface area contributed by atoms with E-state index in [1.807, 2.05) is 0 Å². The monoisotopic (exact) mass is 253 g/mol. The molecule has 0 aromatic heterocycles. The molecule has 0 radical (unpaired) electrons. The lowest BCUT2D eigenvalue weighted by Crippen LogP contribution is -2.31. The average Bonchev–Trinajstić information content (AvgIpc) is 2.27. The van der Waals surface area contributed by atoms with Gasteiger partial charge in [-0.1, -0.05) is 0 Å². The Balaban J connectivity index is 1.91. The summed E-state index contributed by atoms with van der Waals surface area (Å²) < 4.78 is 5.01. The van der Waals surface area contributed by atoms with Gasteiger partial charge in [-0.15, -0.1) is 11.8 Å². The molecule has 1 aromatic rings. The molecule has 1 aliphatic rings. The predicted molar refractivity (Wildman–Crippen MR) is 64.5 cm³/mol. The van der Waals surface area contributed by atoms with Crippen LogP contribution in [0.4, 0.5) is 5.69 Å². The SMILES string of the molecule is O=C(CSC1COC1)c1ccc([N+](=O)[O-])cc1. The van der Waals surface area contributed by atoms with Gasteiger partial charge in [-0.25, -0.2) is 0 Å². The van der Waals surface area contributed by atoms with E-state index in [0.29, 0.717) is 29.8 Å². The van der Waals surface area contributed by atoms with Crippen molar-refractivity contribution in [2.45, 2.75) is 5.25 Å². The van der Waals surface area contributed by atoms with Gasteiger partial charge in [-0.05, 0) is 12.1 Å². The summed E-state index contributed by atoms with van der Waals surface area (Å²) in [5.74, 6) is 0.392. The molecule has 2 rings (SSSR count). The first-order chi connectivity index (χ1) is 8.16. The molecule has 0 atom stereocenters. The third-order valence-electron chi connectivity index (χ3n) is 2.46. The highest BCUT2D eigenvalue weighted by molar-refractivity contribution is 8.00. The Morgan fingerprint density at radius 2 is 2.06 bits per heavy atom. The number of non-ortho nitro benzene ring substituents is 1. The molecule has 0 unspecified atom stereocenters. The second-order valence-corrected chi connectivity index (χ2v) is 4.99. The molecule has 0 aliphatic carbocycles. The lowest BCUT2D eigenvalue weighted by molar-refractivity contribution is -0.384. The largest absolute Gasteiger partial charge is 0.379 e. The van der Waals surface area contributed by atoms with Gasteiger partial charge in [-0.2, -0.15) is 0 Å². The van der Waals surface area contributed by atoms with Crippen LogP contribution in [0.1, 0.15) is 10.4 Å². The third-order valence-corrected chi connectivity index (χ3v) is 3.63. The van der Waals surface area contributed by atoms with Crippen molar-refractivity contribution in [1.29, 1.82) is 0 Å². The second-order valence-electron chi connectivity index (χ2n) is 3.70. The number of hydrogen-bond acceptors (Lipinski definition) is 5. The van der Waals surface area contributed by atoms with Crippen LogP contribution in [0.3, 0.4) is 0 Å². The number of Topliss-reactive ketones (excluding diaryl/α,β-unsaturated/α-hetero) is 1. The first-order valence-corrected chi connectivity index (χ1v) is 6.18. The van der Waals surface area contributed by atoms with Crippen molar-refractivity contribution in [3.63, 3.8) is 0 Å². The Bertz CT molecular complexity index is 428. The number of carbonyl (C=O) groups excluding carboxylic acids is 1. The maximum absolute atomic E-state index is 11.7. The minimum absolute atomic E-state index is 0.00148. The maximum atomic E-state index is 11.7. The summed E-state index contributed by atoms with van der Waals surface area (Å²) in [5, 5.41) is 10.9. The molecule has 0 amide bonds. The van der Waals surface area contributed by atoms with Crippen LogP contribution in [-0.2, 0) is 4.74 Å². The van der Waals surface area contributed by atoms with Gasteiger partial charge in [-0.3, -0.25) is 14.9 Å². The summed E-state index contributed by atoms with van der Waals surface area (Å²) >= 11 is 1.57. The summed E-state index contributed by atoms with van der Waals surface area (Å²) in [6, 6.07) is 5.70. The van der Waals surface area contributed by atoms with Crippen LogP contribution in [0.5, 0.6) is 0 Å². The van der Waals surface area contributed by atoms with E-state index in [9.17, 15) is 14.9 Å². The Morgan fingerprint density at radius 1 is 1.41 bits per heavy atom. The quantitative estimate of drug-likeness (QED) is 0.455. The Labute approximate surface area is 102 Å². The highest BCUT2D eigenvalue weighted by atomic mass is 32.2. The maximum Gasteiger partial charge on any atom is 0.269 e. The lowest BCUT2D eigenvalue weighted by Gasteiger charge is -2.24. The fourth-order valence-electron chi connectivity index (χ4n) is 1.36. The van der Waals surface area contributed by atoms with Crippen LogP contribution < -0.4 is 0 Å². The van der Waals surface area contributed by atoms with Gasteiger partial charge in [0.15, 0.2) is 5.78 Å². The Hall–Kier alpha value is -1.40. The molecular formula is C11H11NO4S. The Kier molecular flexibility index (Phi) is 3.75. The van der Waals surface area contributed by atoms with Crippen molar-refractivity contribution >= 4 is 23.2 Å². The molecule has 0 saturated carbocycles. The molecule has 0 N–H and O–H groups in total. The molecule has 1 heterocycles. The van der Waals surface area contributed by atoms with E-state index in [1.54, 1.807) is 11.8 Å². The zero-order valence-electron chi connectivity index (χ0n) is 9.00. The first kappa shape index (κ1) is 12.1. The van der Waals surface area contributed by atoms with Gasteiger partial charge < -0.3 is 4.74 Å². The van der Waals surface area contributed by atoms with Crippen molar-refractivity contribution in [2.75, 3.05) is 19.0 Å². The van der Waals surface area contributed by atoms with Crippen molar-refractivity contribution in [3.8, 4) is 0 Å². The van der Waals surface area contributed by atoms with E-state index in [2.05, 4.69) is 0 Å². The number of nitro benzene ring substituents is 1. The van der Waals surface area contributed by atoms with Crippen LogP contribution in [0.25, 0.3) is 0 Å². The molecule has 5 nitrogen and oxygen atoms in total.